The number of pyridine rings is 1. The summed E-state index contributed by atoms with van der Waals surface area (Å²) in [5.74, 6) is -0.434. The Kier molecular flexibility index (Phi) is 5.96. The number of amides is 1. The van der Waals surface area contributed by atoms with Crippen molar-refractivity contribution >= 4 is 33.3 Å². The smallest absolute Gasteiger partial charge is 0.414 e. The van der Waals surface area contributed by atoms with Crippen molar-refractivity contribution in [2.75, 3.05) is 60.3 Å². The lowest BCUT2D eigenvalue weighted by Crippen LogP contribution is -2.46. The predicted octanol–water partition coefficient (Wildman–Crippen LogP) is 1.85. The fourth-order valence-electron chi connectivity index (χ4n) is 3.69. The van der Waals surface area contributed by atoms with Gasteiger partial charge in [0.2, 0.25) is 0 Å². The summed E-state index contributed by atoms with van der Waals surface area (Å²) in [6, 6.07) is 8.50. The molecule has 0 aliphatic carbocycles. The second-order valence-corrected chi connectivity index (χ2v) is 9.07. The molecule has 0 bridgehead atoms. The van der Waals surface area contributed by atoms with Crippen molar-refractivity contribution in [1.82, 2.24) is 4.98 Å². The van der Waals surface area contributed by atoms with Crippen LogP contribution in [0.15, 0.2) is 42.7 Å². The number of ether oxygens (including phenoxy) is 1. The van der Waals surface area contributed by atoms with E-state index in [4.69, 9.17) is 4.74 Å². The summed E-state index contributed by atoms with van der Waals surface area (Å²) < 4.78 is 46.9. The summed E-state index contributed by atoms with van der Waals surface area (Å²) in [7, 11) is -3.64. The highest BCUT2D eigenvalue weighted by Gasteiger charge is 2.34. The van der Waals surface area contributed by atoms with E-state index in [-0.39, 0.29) is 13.2 Å². The van der Waals surface area contributed by atoms with E-state index in [1.165, 1.54) is 11.0 Å². The zero-order valence-electron chi connectivity index (χ0n) is 17.0. The van der Waals surface area contributed by atoms with Gasteiger partial charge in [0.1, 0.15) is 18.5 Å². The molecular weight excluding hydrogens is 427 g/mol. The molecule has 2 aromatic rings. The van der Waals surface area contributed by atoms with Gasteiger partial charge in [0.15, 0.2) is 0 Å². The molecule has 2 aliphatic rings. The molecule has 4 rings (SSSR count). The van der Waals surface area contributed by atoms with Crippen LogP contribution in [0.4, 0.5) is 26.2 Å². The molecule has 0 spiro atoms. The minimum Gasteiger partial charge on any atom is -0.441 e. The summed E-state index contributed by atoms with van der Waals surface area (Å²) >= 11 is 0. The summed E-state index contributed by atoms with van der Waals surface area (Å²) in [4.78, 5) is 21.7. The van der Waals surface area contributed by atoms with Crippen LogP contribution in [-0.4, -0.2) is 71.2 Å². The molecule has 0 saturated carbocycles. The number of halogens is 1. The Morgan fingerprint density at radius 3 is 2.55 bits per heavy atom. The third kappa shape index (κ3) is 5.05. The summed E-state index contributed by atoms with van der Waals surface area (Å²) in [5, 5.41) is 0. The fraction of sp³-hybridized carbons (Fsp3) is 0.400. The van der Waals surface area contributed by atoms with Crippen LogP contribution in [0.2, 0.25) is 0 Å². The van der Waals surface area contributed by atoms with E-state index in [9.17, 15) is 17.6 Å². The van der Waals surface area contributed by atoms with Crippen LogP contribution in [0, 0.1) is 5.82 Å². The standard InChI is InChI=1S/C20H23FN4O5S/c1-31(27,28)29-14-17-13-25(20(26)30-17)15-4-5-19(18(21)11-15)24-9-7-23(8-10-24)16-3-2-6-22-12-16/h2-6,11-12,17H,7-10,13-14H2,1H3/t17-/m1/s1. The summed E-state index contributed by atoms with van der Waals surface area (Å²) in [5.41, 5.74) is 1.86. The van der Waals surface area contributed by atoms with Gasteiger partial charge >= 0.3 is 6.09 Å². The number of aromatic nitrogens is 1. The number of carbonyl (C=O) groups is 1. The predicted molar refractivity (Wildman–Crippen MR) is 113 cm³/mol. The molecule has 1 aromatic heterocycles. The normalized spacial score (nSPS) is 19.6. The molecule has 2 fully saturated rings. The van der Waals surface area contributed by atoms with Crippen molar-refractivity contribution in [2.45, 2.75) is 6.10 Å². The molecule has 0 radical (unpaired) electrons. The van der Waals surface area contributed by atoms with Crippen LogP contribution in [0.5, 0.6) is 0 Å². The quantitative estimate of drug-likeness (QED) is 0.616. The van der Waals surface area contributed by atoms with Crippen LogP contribution in [0.1, 0.15) is 0 Å². The number of anilines is 3. The van der Waals surface area contributed by atoms with E-state index in [2.05, 4.69) is 14.1 Å². The third-order valence-corrected chi connectivity index (χ3v) is 5.78. The number of nitrogens with zero attached hydrogens (tertiary/aromatic N) is 4. The Morgan fingerprint density at radius 2 is 1.90 bits per heavy atom. The molecule has 0 unspecified atom stereocenters. The van der Waals surface area contributed by atoms with Gasteiger partial charge in [0, 0.05) is 32.4 Å². The molecule has 3 heterocycles. The van der Waals surface area contributed by atoms with Gasteiger partial charge in [-0.05, 0) is 30.3 Å². The minimum atomic E-state index is -3.64. The molecule has 2 aliphatic heterocycles. The largest absolute Gasteiger partial charge is 0.441 e. The number of hydrogen-bond donors (Lipinski definition) is 0. The fourth-order valence-corrected chi connectivity index (χ4v) is 4.08. The monoisotopic (exact) mass is 450 g/mol. The zero-order chi connectivity index (χ0) is 22.0. The van der Waals surface area contributed by atoms with E-state index in [0.717, 1.165) is 25.0 Å². The van der Waals surface area contributed by atoms with Crippen molar-refractivity contribution in [3.8, 4) is 0 Å². The van der Waals surface area contributed by atoms with Crippen molar-refractivity contribution in [3.05, 3.63) is 48.5 Å². The lowest BCUT2D eigenvalue weighted by molar-refractivity contribution is 0.107. The molecule has 2 saturated heterocycles. The minimum absolute atomic E-state index is 0.0803. The first kappa shape index (κ1) is 21.3. The van der Waals surface area contributed by atoms with Gasteiger partial charge in [0.25, 0.3) is 10.1 Å². The van der Waals surface area contributed by atoms with Gasteiger partial charge in [-0.2, -0.15) is 8.42 Å². The maximum absolute atomic E-state index is 14.9. The second-order valence-electron chi connectivity index (χ2n) is 7.43. The Bertz CT molecular complexity index is 1040. The van der Waals surface area contributed by atoms with E-state index < -0.39 is 28.1 Å². The van der Waals surface area contributed by atoms with Crippen molar-refractivity contribution in [3.63, 3.8) is 0 Å². The Balaban J connectivity index is 1.39. The van der Waals surface area contributed by atoms with E-state index >= 15 is 0 Å². The maximum Gasteiger partial charge on any atom is 0.414 e. The SMILES string of the molecule is CS(=O)(=O)OC[C@H]1CN(c2ccc(N3CCN(c4cccnc4)CC3)c(F)c2)C(=O)O1. The number of carbonyl (C=O) groups excluding carboxylic acids is 1. The maximum atomic E-state index is 14.9. The summed E-state index contributed by atoms with van der Waals surface area (Å²) in [6.07, 6.45) is 3.05. The number of rotatable bonds is 6. The molecular formula is C20H23FN4O5S. The van der Waals surface area contributed by atoms with Gasteiger partial charge in [-0.25, -0.2) is 9.18 Å². The molecule has 166 valence electrons. The highest BCUT2D eigenvalue weighted by molar-refractivity contribution is 7.85. The van der Waals surface area contributed by atoms with Gasteiger partial charge in [-0.3, -0.25) is 14.1 Å². The van der Waals surface area contributed by atoms with Crippen LogP contribution < -0.4 is 14.7 Å². The van der Waals surface area contributed by atoms with Crippen LogP contribution in [0.3, 0.4) is 0 Å². The second kappa shape index (κ2) is 8.67. The molecule has 0 N–H and O–H groups in total. The first-order valence-corrected chi connectivity index (χ1v) is 11.6. The zero-order valence-corrected chi connectivity index (χ0v) is 17.8. The molecule has 1 atom stereocenters. The first-order chi connectivity index (χ1) is 14.8. The lowest BCUT2D eigenvalue weighted by Gasteiger charge is -2.37. The Morgan fingerprint density at radius 1 is 1.16 bits per heavy atom. The highest BCUT2D eigenvalue weighted by atomic mass is 32.2. The number of benzene rings is 1. The van der Waals surface area contributed by atoms with E-state index in [0.29, 0.717) is 24.5 Å². The van der Waals surface area contributed by atoms with Gasteiger partial charge in [-0.15, -0.1) is 0 Å². The molecule has 9 nitrogen and oxygen atoms in total. The van der Waals surface area contributed by atoms with Crippen LogP contribution in [-0.2, 0) is 19.0 Å². The van der Waals surface area contributed by atoms with Crippen molar-refractivity contribution in [2.24, 2.45) is 0 Å². The van der Waals surface area contributed by atoms with Gasteiger partial charge in [-0.1, -0.05) is 0 Å². The van der Waals surface area contributed by atoms with E-state index in [1.54, 1.807) is 18.3 Å². The number of piperazine rings is 1. The van der Waals surface area contributed by atoms with Crippen LogP contribution in [0.25, 0.3) is 0 Å². The highest BCUT2D eigenvalue weighted by Crippen LogP contribution is 2.29. The van der Waals surface area contributed by atoms with Gasteiger partial charge < -0.3 is 14.5 Å². The Hall–Kier alpha value is -2.92. The molecule has 31 heavy (non-hydrogen) atoms. The van der Waals surface area contributed by atoms with Crippen molar-refractivity contribution < 1.29 is 26.5 Å². The Labute approximate surface area is 180 Å². The van der Waals surface area contributed by atoms with Crippen molar-refractivity contribution in [1.29, 1.82) is 0 Å². The van der Waals surface area contributed by atoms with Crippen LogP contribution >= 0.6 is 0 Å². The number of hydrogen-bond acceptors (Lipinski definition) is 8. The average molecular weight is 450 g/mol. The average Bonchev–Trinajstić information content (AvgIpc) is 3.13. The molecule has 1 aromatic carbocycles. The summed E-state index contributed by atoms with van der Waals surface area (Å²) in [6.45, 7) is 2.60. The van der Waals surface area contributed by atoms with Gasteiger partial charge in [0.05, 0.1) is 36.1 Å². The molecule has 1 amide bonds. The topological polar surface area (TPSA) is 92.3 Å². The first-order valence-electron chi connectivity index (χ1n) is 9.82. The van der Waals surface area contributed by atoms with E-state index in [1.807, 2.05) is 23.2 Å². The lowest BCUT2D eigenvalue weighted by atomic mass is 10.2. The molecule has 11 heteroatoms. The third-order valence-electron chi connectivity index (χ3n) is 5.22. The number of cyclic esters (lactones) is 1.